The molecular formula is C25H28FN3O5. The van der Waals surface area contributed by atoms with Gasteiger partial charge in [0.15, 0.2) is 12.1 Å². The van der Waals surface area contributed by atoms with Crippen LogP contribution in [0.25, 0.3) is 0 Å². The molecule has 2 N–H and O–H groups in total. The van der Waals surface area contributed by atoms with Gasteiger partial charge in [-0.2, -0.15) is 0 Å². The predicted molar refractivity (Wildman–Crippen MR) is 122 cm³/mol. The molecule has 2 aromatic carbocycles. The van der Waals surface area contributed by atoms with Gasteiger partial charge in [-0.15, -0.1) is 0 Å². The monoisotopic (exact) mass is 469 g/mol. The summed E-state index contributed by atoms with van der Waals surface area (Å²) in [5.74, 6) is -0.847. The van der Waals surface area contributed by atoms with Crippen molar-refractivity contribution in [3.8, 4) is 0 Å². The number of nitrogens with zero attached hydrogens (tertiary/aromatic N) is 1. The van der Waals surface area contributed by atoms with Gasteiger partial charge >= 0.3 is 6.09 Å². The van der Waals surface area contributed by atoms with Crippen molar-refractivity contribution >= 4 is 23.6 Å². The van der Waals surface area contributed by atoms with Crippen LogP contribution in [0.1, 0.15) is 43.4 Å². The summed E-state index contributed by atoms with van der Waals surface area (Å²) in [5, 5.41) is 5.67. The first kappa shape index (κ1) is 23.7. The lowest BCUT2D eigenvalue weighted by Gasteiger charge is -2.25. The van der Waals surface area contributed by atoms with Gasteiger partial charge in [0.2, 0.25) is 11.8 Å². The maximum Gasteiger partial charge on any atom is 0.411 e. The quantitative estimate of drug-likeness (QED) is 0.617. The van der Waals surface area contributed by atoms with Crippen LogP contribution in [-0.2, 0) is 25.6 Å². The molecule has 3 atom stereocenters. The van der Waals surface area contributed by atoms with Crippen LogP contribution in [0.4, 0.5) is 14.9 Å². The number of halogens is 1. The van der Waals surface area contributed by atoms with Crippen LogP contribution in [-0.4, -0.2) is 48.1 Å². The van der Waals surface area contributed by atoms with E-state index in [1.165, 1.54) is 17.0 Å². The van der Waals surface area contributed by atoms with Crippen LogP contribution in [0.15, 0.2) is 48.5 Å². The first-order valence-corrected chi connectivity index (χ1v) is 11.5. The van der Waals surface area contributed by atoms with Gasteiger partial charge < -0.3 is 20.1 Å². The summed E-state index contributed by atoms with van der Waals surface area (Å²) in [4.78, 5) is 39.1. The molecule has 3 amide bonds. The molecule has 3 unspecified atom stereocenters. The van der Waals surface area contributed by atoms with Crippen LogP contribution in [0.3, 0.4) is 0 Å². The highest BCUT2D eigenvalue weighted by Crippen LogP contribution is 2.34. The van der Waals surface area contributed by atoms with Crippen LogP contribution in [0, 0.1) is 5.82 Å². The van der Waals surface area contributed by atoms with Crippen molar-refractivity contribution in [3.63, 3.8) is 0 Å². The number of nitrogens with one attached hydrogen (secondary N) is 2. The third-order valence-electron chi connectivity index (χ3n) is 5.99. The van der Waals surface area contributed by atoms with E-state index in [2.05, 4.69) is 10.6 Å². The Hall–Kier alpha value is -3.46. The predicted octanol–water partition coefficient (Wildman–Crippen LogP) is 3.53. The minimum atomic E-state index is -0.921. The summed E-state index contributed by atoms with van der Waals surface area (Å²) >= 11 is 0. The Morgan fingerprint density at radius 2 is 1.85 bits per heavy atom. The highest BCUT2D eigenvalue weighted by atomic mass is 19.1. The van der Waals surface area contributed by atoms with Crippen molar-refractivity contribution in [2.24, 2.45) is 0 Å². The van der Waals surface area contributed by atoms with Gasteiger partial charge in [0.1, 0.15) is 5.82 Å². The van der Waals surface area contributed by atoms with Crippen LogP contribution in [0.2, 0.25) is 0 Å². The van der Waals surface area contributed by atoms with Gasteiger partial charge in [-0.25, -0.2) is 9.18 Å². The third kappa shape index (κ3) is 5.53. The molecule has 2 aliphatic rings. The molecule has 4 rings (SSSR count). The van der Waals surface area contributed by atoms with E-state index in [9.17, 15) is 18.8 Å². The summed E-state index contributed by atoms with van der Waals surface area (Å²) < 4.78 is 24.6. The zero-order chi connectivity index (χ0) is 24.1. The number of carbonyl (C=O) groups excluding carboxylic acids is 3. The van der Waals surface area contributed by atoms with E-state index in [0.717, 1.165) is 12.8 Å². The molecule has 8 nitrogen and oxygen atoms in total. The molecule has 34 heavy (non-hydrogen) atoms. The van der Waals surface area contributed by atoms with Gasteiger partial charge in [0.05, 0.1) is 12.6 Å². The molecule has 2 aliphatic heterocycles. The van der Waals surface area contributed by atoms with Crippen molar-refractivity contribution in [3.05, 3.63) is 65.5 Å². The number of hydrogen-bond donors (Lipinski definition) is 2. The van der Waals surface area contributed by atoms with Crippen molar-refractivity contribution in [2.45, 2.75) is 51.0 Å². The number of anilines is 1. The highest BCUT2D eigenvalue weighted by molar-refractivity contribution is 5.91. The molecule has 2 aromatic rings. The minimum absolute atomic E-state index is 0.0487. The zero-order valence-electron chi connectivity index (χ0n) is 19.0. The highest BCUT2D eigenvalue weighted by Gasteiger charge is 2.47. The second kappa shape index (κ2) is 10.6. The number of cyclic esters (lactones) is 1. The summed E-state index contributed by atoms with van der Waals surface area (Å²) in [6.07, 6.45) is 0.656. The Morgan fingerprint density at radius 1 is 1.12 bits per heavy atom. The average molecular weight is 470 g/mol. The minimum Gasteiger partial charge on any atom is -0.438 e. The lowest BCUT2D eigenvalue weighted by molar-refractivity contribution is -0.126. The summed E-state index contributed by atoms with van der Waals surface area (Å²) in [5.41, 5.74) is 1.91. The van der Waals surface area contributed by atoms with Crippen molar-refractivity contribution in [1.29, 1.82) is 0 Å². The van der Waals surface area contributed by atoms with Crippen LogP contribution >= 0.6 is 0 Å². The van der Waals surface area contributed by atoms with E-state index in [4.69, 9.17) is 9.47 Å². The molecule has 2 heterocycles. The fraction of sp³-hybridized carbons (Fsp3) is 0.400. The Morgan fingerprint density at radius 3 is 2.50 bits per heavy atom. The van der Waals surface area contributed by atoms with E-state index in [0.29, 0.717) is 36.4 Å². The molecule has 0 spiro atoms. The molecule has 9 heteroatoms. The molecule has 2 fully saturated rings. The second-order valence-corrected chi connectivity index (χ2v) is 8.41. The van der Waals surface area contributed by atoms with Gasteiger partial charge in [-0.3, -0.25) is 14.5 Å². The van der Waals surface area contributed by atoms with Crippen molar-refractivity contribution in [1.82, 2.24) is 10.2 Å². The van der Waals surface area contributed by atoms with Gasteiger partial charge in [-0.05, 0) is 48.2 Å². The average Bonchev–Trinajstić information content (AvgIpc) is 3.47. The second-order valence-electron chi connectivity index (χ2n) is 8.41. The SMILES string of the molecule is CCC(=O)Nc1ccc(C2OC(=O)N(Cc3ccc(F)cc3)C2C(=O)NCC2CCCO2)cc1. The molecule has 0 aliphatic carbocycles. The summed E-state index contributed by atoms with van der Waals surface area (Å²) in [6.45, 7) is 2.88. The first-order valence-electron chi connectivity index (χ1n) is 11.5. The van der Waals surface area contributed by atoms with Crippen molar-refractivity contribution < 1.29 is 28.2 Å². The third-order valence-corrected chi connectivity index (χ3v) is 5.99. The largest absolute Gasteiger partial charge is 0.438 e. The Kier molecular flexibility index (Phi) is 7.42. The number of rotatable bonds is 8. The topological polar surface area (TPSA) is 97.0 Å². The Labute approximate surface area is 197 Å². The van der Waals surface area contributed by atoms with Crippen LogP contribution < -0.4 is 10.6 Å². The summed E-state index contributed by atoms with van der Waals surface area (Å²) in [6, 6.07) is 11.7. The zero-order valence-corrected chi connectivity index (χ0v) is 19.0. The lowest BCUT2D eigenvalue weighted by atomic mass is 10.00. The van der Waals surface area contributed by atoms with Gasteiger partial charge in [0, 0.05) is 25.3 Å². The molecule has 0 saturated carbocycles. The number of amides is 3. The Balaban J connectivity index is 1.55. The van der Waals surface area contributed by atoms with Crippen molar-refractivity contribution in [2.75, 3.05) is 18.5 Å². The molecule has 0 bridgehead atoms. The number of ether oxygens (including phenoxy) is 2. The first-order chi connectivity index (χ1) is 16.4. The van der Waals surface area contributed by atoms with Crippen LogP contribution in [0.5, 0.6) is 0 Å². The standard InChI is InChI=1S/C25H28FN3O5/c1-2-21(30)28-19-11-7-17(8-12-19)23-22(24(31)27-14-20-4-3-13-33-20)29(25(32)34-23)15-16-5-9-18(26)10-6-16/h5-12,20,22-23H,2-4,13-15H2,1H3,(H,27,31)(H,28,30). The normalized spacial score (nSPS) is 21.9. The molecule has 0 aromatic heterocycles. The van der Waals surface area contributed by atoms with E-state index < -0.39 is 18.2 Å². The smallest absolute Gasteiger partial charge is 0.411 e. The van der Waals surface area contributed by atoms with Gasteiger partial charge in [0.25, 0.3) is 0 Å². The van der Waals surface area contributed by atoms with E-state index in [1.807, 2.05) is 0 Å². The lowest BCUT2D eigenvalue weighted by Crippen LogP contribution is -2.47. The number of benzene rings is 2. The number of hydrogen-bond acceptors (Lipinski definition) is 5. The Bertz CT molecular complexity index is 1020. The van der Waals surface area contributed by atoms with Gasteiger partial charge in [-0.1, -0.05) is 31.2 Å². The maximum absolute atomic E-state index is 13.3. The fourth-order valence-electron chi connectivity index (χ4n) is 4.13. The molecule has 2 saturated heterocycles. The maximum atomic E-state index is 13.3. The molecular weight excluding hydrogens is 441 g/mol. The van der Waals surface area contributed by atoms with E-state index in [-0.39, 0.29) is 30.3 Å². The summed E-state index contributed by atoms with van der Waals surface area (Å²) in [7, 11) is 0. The van der Waals surface area contributed by atoms with E-state index in [1.54, 1.807) is 43.3 Å². The molecule has 180 valence electrons. The van der Waals surface area contributed by atoms with E-state index >= 15 is 0 Å². The fourth-order valence-corrected chi connectivity index (χ4v) is 4.13. The molecule has 0 radical (unpaired) electrons. The number of carbonyl (C=O) groups is 3.